The van der Waals surface area contributed by atoms with Gasteiger partial charge in [-0.25, -0.2) is 9.97 Å². The molecule has 0 atom stereocenters. The van der Waals surface area contributed by atoms with Crippen LogP contribution in [-0.4, -0.2) is 27.6 Å². The number of benzene rings is 10. The minimum absolute atomic E-state index is 0.651. The third-order valence-electron chi connectivity index (χ3n) is 17.3. The first-order valence-corrected chi connectivity index (χ1v) is 26.0. The standard InChI is InChI=1S/C33H25N3.C32H23N3/c1-2-8-20(9-3-1)25-15-27-26-14-21-10-4-6-12-23(21)17-29(26)36-32(27)31(19-25)35-30-18-24-13-7-5-11-22(24)16-28(30)34-33(35)36;1-2-8-19(7-1)24-14-26-25-13-20-9-3-5-11-22(20)16-28(25)35-31(26)30(18-24)34-29-17-23-12-6-4-10-21(23)15-27(29)33-32(34)35/h4-7,10-20H,1-3,8-9H2;3-6,9-19H,1-2,7-8H2. The lowest BCUT2D eigenvalue weighted by molar-refractivity contribution is 0.444. The predicted molar refractivity (Wildman–Crippen MR) is 297 cm³/mol. The average molecular weight is 913 g/mol. The second-order valence-electron chi connectivity index (χ2n) is 21.2. The van der Waals surface area contributed by atoms with Crippen molar-refractivity contribution < 1.29 is 0 Å². The van der Waals surface area contributed by atoms with Gasteiger partial charge < -0.3 is 0 Å². The van der Waals surface area contributed by atoms with E-state index in [-0.39, 0.29) is 0 Å². The zero-order chi connectivity index (χ0) is 46.1. The van der Waals surface area contributed by atoms with Gasteiger partial charge in [0.05, 0.1) is 55.2 Å². The van der Waals surface area contributed by atoms with Crippen molar-refractivity contribution in [3.63, 3.8) is 0 Å². The fraction of sp³-hybridized carbons (Fsp3) is 0.169. The van der Waals surface area contributed by atoms with Gasteiger partial charge >= 0.3 is 0 Å². The zero-order valence-corrected chi connectivity index (χ0v) is 39.4. The Morgan fingerprint density at radius 1 is 0.296 bits per heavy atom. The van der Waals surface area contributed by atoms with E-state index in [1.165, 1.54) is 178 Å². The van der Waals surface area contributed by atoms with Gasteiger partial charge in [-0.15, -0.1) is 0 Å². The van der Waals surface area contributed by atoms with Gasteiger partial charge in [0.1, 0.15) is 0 Å². The lowest BCUT2D eigenvalue weighted by Crippen LogP contribution is -2.04. The minimum Gasteiger partial charge on any atom is -0.277 e. The number of aromatic nitrogens is 6. The summed E-state index contributed by atoms with van der Waals surface area (Å²) >= 11 is 0. The van der Waals surface area contributed by atoms with Crippen molar-refractivity contribution in [1.82, 2.24) is 27.6 Å². The van der Waals surface area contributed by atoms with Crippen molar-refractivity contribution in [3.05, 3.63) is 181 Å². The van der Waals surface area contributed by atoms with E-state index in [9.17, 15) is 0 Å². The van der Waals surface area contributed by atoms with Gasteiger partial charge in [-0.3, -0.25) is 17.6 Å². The van der Waals surface area contributed by atoms with Gasteiger partial charge in [0.15, 0.2) is 0 Å². The second kappa shape index (κ2) is 14.2. The molecule has 2 aliphatic rings. The molecule has 6 heterocycles. The van der Waals surface area contributed by atoms with Crippen LogP contribution in [0.1, 0.15) is 80.8 Å². The third-order valence-corrected chi connectivity index (χ3v) is 17.3. The van der Waals surface area contributed by atoms with Gasteiger partial charge in [0, 0.05) is 21.5 Å². The van der Waals surface area contributed by atoms with Crippen molar-refractivity contribution in [1.29, 1.82) is 0 Å². The van der Waals surface area contributed by atoms with Crippen LogP contribution in [0.15, 0.2) is 170 Å². The molecule has 338 valence electrons. The summed E-state index contributed by atoms with van der Waals surface area (Å²) in [5.74, 6) is 3.35. The molecule has 0 spiro atoms. The highest BCUT2D eigenvalue weighted by Gasteiger charge is 2.27. The lowest BCUT2D eigenvalue weighted by Gasteiger charge is -2.22. The van der Waals surface area contributed by atoms with Crippen LogP contribution >= 0.6 is 0 Å². The number of hydrogen-bond donors (Lipinski definition) is 0. The lowest BCUT2D eigenvalue weighted by atomic mass is 9.83. The number of rotatable bonds is 2. The maximum Gasteiger partial charge on any atom is 0.220 e. The first kappa shape index (κ1) is 38.6. The molecule has 16 aromatic rings. The van der Waals surface area contributed by atoms with Crippen LogP contribution in [-0.2, 0) is 0 Å². The normalized spacial score (nSPS) is 15.5. The van der Waals surface area contributed by atoms with Crippen LogP contribution in [0, 0.1) is 0 Å². The van der Waals surface area contributed by atoms with E-state index < -0.39 is 0 Å². The number of hydrogen-bond acceptors (Lipinski definition) is 2. The first-order chi connectivity index (χ1) is 35.2. The summed E-state index contributed by atoms with van der Waals surface area (Å²) in [6.45, 7) is 0. The van der Waals surface area contributed by atoms with E-state index >= 15 is 0 Å². The van der Waals surface area contributed by atoms with E-state index in [0.717, 1.165) is 22.6 Å². The van der Waals surface area contributed by atoms with Gasteiger partial charge in [-0.2, -0.15) is 0 Å². The predicted octanol–water partition coefficient (Wildman–Crippen LogP) is 17.3. The van der Waals surface area contributed by atoms with Gasteiger partial charge in [-0.05, 0) is 165 Å². The fourth-order valence-electron chi connectivity index (χ4n) is 13.9. The van der Waals surface area contributed by atoms with Crippen LogP contribution in [0.3, 0.4) is 0 Å². The topological polar surface area (TPSA) is 43.4 Å². The first-order valence-electron chi connectivity index (χ1n) is 26.0. The average Bonchev–Trinajstić information content (AvgIpc) is 4.31. The Balaban J connectivity index is 0.000000118. The summed E-state index contributed by atoms with van der Waals surface area (Å²) in [4.78, 5) is 10.5. The summed E-state index contributed by atoms with van der Waals surface area (Å²) in [5, 5.41) is 15.6. The highest BCUT2D eigenvalue weighted by Crippen LogP contribution is 2.45. The van der Waals surface area contributed by atoms with E-state index in [1.807, 2.05) is 0 Å². The third kappa shape index (κ3) is 5.37. The molecule has 0 radical (unpaired) electrons. The van der Waals surface area contributed by atoms with Crippen LogP contribution in [0.4, 0.5) is 0 Å². The number of nitrogens with zero attached hydrogens (tertiary/aromatic N) is 6. The Hall–Kier alpha value is -8.22. The molecule has 2 fully saturated rings. The Morgan fingerprint density at radius 3 is 1.03 bits per heavy atom. The van der Waals surface area contributed by atoms with Crippen LogP contribution in [0.2, 0.25) is 0 Å². The summed E-state index contributed by atoms with van der Waals surface area (Å²) in [6, 6.07) is 63.3. The molecule has 0 saturated heterocycles. The SMILES string of the molecule is c1ccc2cc3c(cc2c1)nc1n3c2cc(C3CCCC3)cc3c4cc5ccccc5cc4n1c32.c1ccc2cc3c(cc2c1)nc1n3c2cc(C3CCCCC3)cc3c4cc5ccccc5cc4n1c32. The summed E-state index contributed by atoms with van der Waals surface area (Å²) in [6.07, 6.45) is 11.9. The molecule has 71 heavy (non-hydrogen) atoms. The van der Waals surface area contributed by atoms with Gasteiger partial charge in [-0.1, -0.05) is 129 Å². The smallest absolute Gasteiger partial charge is 0.220 e. The molecule has 0 aliphatic heterocycles. The van der Waals surface area contributed by atoms with Crippen molar-refractivity contribution in [2.75, 3.05) is 0 Å². The van der Waals surface area contributed by atoms with Crippen molar-refractivity contribution >= 4 is 131 Å². The maximum absolute atomic E-state index is 5.25. The Bertz CT molecular complexity index is 4870. The van der Waals surface area contributed by atoms with Crippen LogP contribution in [0.25, 0.3) is 131 Å². The highest BCUT2D eigenvalue weighted by atomic mass is 15.2. The minimum atomic E-state index is 0.651. The summed E-state index contributed by atoms with van der Waals surface area (Å²) in [5.41, 5.74) is 15.2. The largest absolute Gasteiger partial charge is 0.277 e. The van der Waals surface area contributed by atoms with Gasteiger partial charge in [0.2, 0.25) is 11.6 Å². The van der Waals surface area contributed by atoms with E-state index in [2.05, 4.69) is 187 Å². The van der Waals surface area contributed by atoms with Crippen molar-refractivity contribution in [3.8, 4) is 0 Å². The summed E-state index contributed by atoms with van der Waals surface area (Å²) in [7, 11) is 0. The molecule has 0 amide bonds. The monoisotopic (exact) mass is 912 g/mol. The Labute approximate surface area is 407 Å². The molecule has 10 aromatic carbocycles. The fourth-order valence-corrected chi connectivity index (χ4v) is 13.9. The molecule has 0 N–H and O–H groups in total. The van der Waals surface area contributed by atoms with E-state index in [1.54, 1.807) is 0 Å². The van der Waals surface area contributed by atoms with Crippen LogP contribution in [0.5, 0.6) is 0 Å². The number of imidazole rings is 4. The molecule has 2 aliphatic carbocycles. The number of fused-ring (bicyclic) bond motifs is 20. The van der Waals surface area contributed by atoms with Gasteiger partial charge in [0.25, 0.3) is 0 Å². The quantitative estimate of drug-likeness (QED) is 0.173. The maximum atomic E-state index is 5.25. The molecule has 2 saturated carbocycles. The van der Waals surface area contributed by atoms with Crippen molar-refractivity contribution in [2.24, 2.45) is 0 Å². The van der Waals surface area contributed by atoms with E-state index in [4.69, 9.17) is 9.97 Å². The molecule has 18 rings (SSSR count). The second-order valence-corrected chi connectivity index (χ2v) is 21.2. The molecule has 6 aromatic heterocycles. The molecule has 0 unspecified atom stereocenters. The van der Waals surface area contributed by atoms with Crippen molar-refractivity contribution in [2.45, 2.75) is 69.6 Å². The Morgan fingerprint density at radius 2 is 0.634 bits per heavy atom. The van der Waals surface area contributed by atoms with Crippen LogP contribution < -0.4 is 0 Å². The molecular formula is C65H48N6. The summed E-state index contributed by atoms with van der Waals surface area (Å²) < 4.78 is 9.67. The zero-order valence-electron chi connectivity index (χ0n) is 39.4. The molecule has 6 nitrogen and oxygen atoms in total. The molecule has 6 heteroatoms. The highest BCUT2D eigenvalue weighted by molar-refractivity contribution is 6.20. The molecule has 0 bridgehead atoms. The Kier molecular flexibility index (Phi) is 7.72. The molecular weight excluding hydrogens is 865 g/mol. The van der Waals surface area contributed by atoms with E-state index in [0.29, 0.717) is 11.8 Å².